The van der Waals surface area contributed by atoms with Crippen LogP contribution >= 0.6 is 15.9 Å². The number of amides is 1. The van der Waals surface area contributed by atoms with Crippen molar-refractivity contribution in [1.82, 2.24) is 4.98 Å². The Bertz CT molecular complexity index is 417. The van der Waals surface area contributed by atoms with Crippen LogP contribution in [0.5, 0.6) is 5.88 Å². The van der Waals surface area contributed by atoms with Gasteiger partial charge in [-0.1, -0.05) is 0 Å². The quantitative estimate of drug-likeness (QED) is 0.870. The van der Waals surface area contributed by atoms with Crippen LogP contribution in [0.1, 0.15) is 6.92 Å². The number of rotatable bonds is 4. The van der Waals surface area contributed by atoms with Crippen LogP contribution in [0.4, 0.5) is 18.9 Å². The van der Waals surface area contributed by atoms with Gasteiger partial charge in [-0.3, -0.25) is 4.79 Å². The molecule has 0 saturated carbocycles. The van der Waals surface area contributed by atoms with E-state index in [1.54, 1.807) is 0 Å². The molecule has 4 nitrogen and oxygen atoms in total. The SMILES string of the molecule is CC(=O)Nc1ccc(Br)nc1OC(F)C(F)F. The molecule has 1 aromatic rings. The molecular formula is C9H8BrF3N2O2. The minimum Gasteiger partial charge on any atom is -0.435 e. The van der Waals surface area contributed by atoms with Gasteiger partial charge in [-0.15, -0.1) is 0 Å². The number of nitrogens with zero attached hydrogens (tertiary/aromatic N) is 1. The summed E-state index contributed by atoms with van der Waals surface area (Å²) in [6.07, 6.45) is -6.09. The van der Waals surface area contributed by atoms with Gasteiger partial charge in [0.05, 0.1) is 0 Å². The van der Waals surface area contributed by atoms with E-state index in [4.69, 9.17) is 0 Å². The molecule has 94 valence electrons. The topological polar surface area (TPSA) is 51.2 Å². The average Bonchev–Trinajstić information content (AvgIpc) is 2.21. The molecule has 0 aliphatic carbocycles. The lowest BCUT2D eigenvalue weighted by molar-refractivity contribution is -0.114. The summed E-state index contributed by atoms with van der Waals surface area (Å²) in [5.74, 6) is -0.867. The molecule has 1 N–H and O–H groups in total. The predicted octanol–water partition coefficient (Wildman–Crippen LogP) is 2.74. The van der Waals surface area contributed by atoms with Crippen LogP contribution < -0.4 is 10.1 Å². The number of anilines is 1. The van der Waals surface area contributed by atoms with Crippen molar-refractivity contribution in [1.29, 1.82) is 0 Å². The van der Waals surface area contributed by atoms with E-state index in [0.717, 1.165) is 0 Å². The fraction of sp³-hybridized carbons (Fsp3) is 0.333. The van der Waals surface area contributed by atoms with Gasteiger partial charge in [0.15, 0.2) is 0 Å². The second-order valence-electron chi connectivity index (χ2n) is 2.97. The van der Waals surface area contributed by atoms with E-state index in [1.807, 2.05) is 0 Å². The van der Waals surface area contributed by atoms with E-state index in [2.05, 4.69) is 31.0 Å². The Hall–Kier alpha value is -1.31. The van der Waals surface area contributed by atoms with Gasteiger partial charge in [0.1, 0.15) is 10.3 Å². The van der Waals surface area contributed by atoms with Gasteiger partial charge in [0.25, 0.3) is 6.36 Å². The lowest BCUT2D eigenvalue weighted by Gasteiger charge is -2.13. The molecule has 1 heterocycles. The Morgan fingerprint density at radius 1 is 1.47 bits per heavy atom. The summed E-state index contributed by atoms with van der Waals surface area (Å²) in [5.41, 5.74) is 0.0176. The maximum atomic E-state index is 12.7. The Balaban J connectivity index is 2.94. The highest BCUT2D eigenvalue weighted by Crippen LogP contribution is 2.26. The number of nitrogens with one attached hydrogen (secondary N) is 1. The van der Waals surface area contributed by atoms with Crippen molar-refractivity contribution in [3.05, 3.63) is 16.7 Å². The number of aromatic nitrogens is 1. The van der Waals surface area contributed by atoms with Gasteiger partial charge >= 0.3 is 6.43 Å². The lowest BCUT2D eigenvalue weighted by atomic mass is 10.4. The predicted molar refractivity (Wildman–Crippen MR) is 57.8 cm³/mol. The van der Waals surface area contributed by atoms with E-state index in [1.165, 1.54) is 19.1 Å². The van der Waals surface area contributed by atoms with Gasteiger partial charge in [0.2, 0.25) is 11.8 Å². The van der Waals surface area contributed by atoms with Crippen LogP contribution in [0.3, 0.4) is 0 Å². The minimum atomic E-state index is -3.29. The number of pyridine rings is 1. The lowest BCUT2D eigenvalue weighted by Crippen LogP contribution is -2.21. The summed E-state index contributed by atoms with van der Waals surface area (Å²) in [6.45, 7) is 1.21. The number of carbonyl (C=O) groups is 1. The highest BCUT2D eigenvalue weighted by Gasteiger charge is 2.23. The van der Waals surface area contributed by atoms with Crippen LogP contribution in [0.2, 0.25) is 0 Å². The maximum absolute atomic E-state index is 12.7. The average molecular weight is 313 g/mol. The van der Waals surface area contributed by atoms with Gasteiger partial charge in [-0.25, -0.2) is 13.8 Å². The summed E-state index contributed by atoms with van der Waals surface area (Å²) >= 11 is 2.98. The number of hydrogen-bond acceptors (Lipinski definition) is 3. The molecule has 1 rings (SSSR count). The Labute approximate surface area is 103 Å². The van der Waals surface area contributed by atoms with Crippen molar-refractivity contribution in [2.24, 2.45) is 0 Å². The first-order chi connectivity index (χ1) is 7.90. The van der Waals surface area contributed by atoms with Crippen molar-refractivity contribution >= 4 is 27.5 Å². The number of hydrogen-bond donors (Lipinski definition) is 1. The molecule has 0 radical (unpaired) electrons. The van der Waals surface area contributed by atoms with Crippen molar-refractivity contribution < 1.29 is 22.7 Å². The van der Waals surface area contributed by atoms with E-state index in [0.29, 0.717) is 0 Å². The highest BCUT2D eigenvalue weighted by molar-refractivity contribution is 9.10. The molecule has 0 aromatic carbocycles. The van der Waals surface area contributed by atoms with E-state index < -0.39 is 24.6 Å². The largest absolute Gasteiger partial charge is 0.435 e. The third-order valence-corrected chi connectivity index (χ3v) is 2.00. The molecule has 1 atom stereocenters. The van der Waals surface area contributed by atoms with Gasteiger partial charge in [-0.05, 0) is 28.1 Å². The first kappa shape index (κ1) is 13.8. The Kier molecular flexibility index (Phi) is 4.73. The third kappa shape index (κ3) is 4.22. The molecule has 8 heteroatoms. The zero-order valence-corrected chi connectivity index (χ0v) is 10.2. The fourth-order valence-corrected chi connectivity index (χ4v) is 1.24. The summed E-state index contributed by atoms with van der Waals surface area (Å²) in [5, 5.41) is 2.29. The molecular weight excluding hydrogens is 305 g/mol. The molecule has 17 heavy (non-hydrogen) atoms. The first-order valence-corrected chi connectivity index (χ1v) is 5.22. The summed E-state index contributed by atoms with van der Waals surface area (Å²) in [4.78, 5) is 14.5. The van der Waals surface area contributed by atoms with E-state index in [9.17, 15) is 18.0 Å². The first-order valence-electron chi connectivity index (χ1n) is 4.43. The molecule has 0 aliphatic rings. The van der Waals surface area contributed by atoms with E-state index >= 15 is 0 Å². The van der Waals surface area contributed by atoms with Crippen LogP contribution in [0, 0.1) is 0 Å². The highest BCUT2D eigenvalue weighted by atomic mass is 79.9. The van der Waals surface area contributed by atoms with Crippen LogP contribution in [-0.4, -0.2) is 23.7 Å². The van der Waals surface area contributed by atoms with Crippen molar-refractivity contribution in [2.45, 2.75) is 19.7 Å². The number of ether oxygens (including phenoxy) is 1. The maximum Gasteiger partial charge on any atom is 0.304 e. The second-order valence-corrected chi connectivity index (χ2v) is 3.78. The minimum absolute atomic E-state index is 0.0176. The molecule has 1 amide bonds. The van der Waals surface area contributed by atoms with Gasteiger partial charge in [0, 0.05) is 6.92 Å². The van der Waals surface area contributed by atoms with Gasteiger partial charge in [-0.2, -0.15) is 4.39 Å². The Morgan fingerprint density at radius 3 is 2.65 bits per heavy atom. The summed E-state index contributed by atoms with van der Waals surface area (Å²) < 4.78 is 41.3. The van der Waals surface area contributed by atoms with Crippen LogP contribution in [0.15, 0.2) is 16.7 Å². The zero-order chi connectivity index (χ0) is 13.0. The third-order valence-electron chi connectivity index (χ3n) is 1.56. The smallest absolute Gasteiger partial charge is 0.304 e. The van der Waals surface area contributed by atoms with Crippen LogP contribution in [0.25, 0.3) is 0 Å². The molecule has 1 aromatic heterocycles. The van der Waals surface area contributed by atoms with E-state index in [-0.39, 0.29) is 10.3 Å². The normalized spacial score (nSPS) is 12.4. The van der Waals surface area contributed by atoms with Crippen molar-refractivity contribution in [3.63, 3.8) is 0 Å². The zero-order valence-electron chi connectivity index (χ0n) is 8.58. The number of carbonyl (C=O) groups excluding carboxylic acids is 1. The monoisotopic (exact) mass is 312 g/mol. The van der Waals surface area contributed by atoms with Crippen LogP contribution in [-0.2, 0) is 4.79 Å². The summed E-state index contributed by atoms with van der Waals surface area (Å²) in [6, 6.07) is 2.81. The van der Waals surface area contributed by atoms with Crippen molar-refractivity contribution in [2.75, 3.05) is 5.32 Å². The molecule has 0 fully saturated rings. The molecule has 0 saturated heterocycles. The summed E-state index contributed by atoms with van der Waals surface area (Å²) in [7, 11) is 0. The van der Waals surface area contributed by atoms with Crippen molar-refractivity contribution in [3.8, 4) is 5.88 Å². The second kappa shape index (κ2) is 5.85. The molecule has 0 spiro atoms. The fourth-order valence-electron chi connectivity index (χ4n) is 0.951. The molecule has 0 bridgehead atoms. The van der Waals surface area contributed by atoms with Gasteiger partial charge < -0.3 is 10.1 Å². The number of halogens is 4. The number of alkyl halides is 3. The molecule has 0 aliphatic heterocycles. The Morgan fingerprint density at radius 2 is 2.12 bits per heavy atom. The standard InChI is InChI=1S/C9H8BrF3N2O2/c1-4(16)14-5-2-3-6(10)15-9(5)17-8(13)7(11)12/h2-3,7-8H,1H3,(H,14,16). The molecule has 1 unspecified atom stereocenters.